The molecule has 1 rings (SSSR count). The van der Waals surface area contributed by atoms with Gasteiger partial charge in [-0.2, -0.15) is 0 Å². The van der Waals surface area contributed by atoms with Gasteiger partial charge in [-0.15, -0.1) is 0 Å². The Balaban J connectivity index is 3.34. The third kappa shape index (κ3) is 5.03. The topological polar surface area (TPSA) is 98.8 Å². The second-order valence-corrected chi connectivity index (χ2v) is 8.57. The van der Waals surface area contributed by atoms with Crippen LogP contribution >= 0.6 is 10.7 Å². The average molecular weight is 358 g/mol. The molecular weight excluding hydrogens is 342 g/mol. The second kappa shape index (κ2) is 6.82. The van der Waals surface area contributed by atoms with Crippen molar-refractivity contribution in [3.05, 3.63) is 17.7 Å². The zero-order valence-corrected chi connectivity index (χ0v) is 14.1. The van der Waals surface area contributed by atoms with Gasteiger partial charge in [0.15, 0.2) is 5.75 Å². The Kier molecular flexibility index (Phi) is 5.85. The normalized spacial score (nSPS) is 12.2. The van der Waals surface area contributed by atoms with Crippen LogP contribution in [-0.2, 0) is 23.8 Å². The van der Waals surface area contributed by atoms with Crippen molar-refractivity contribution in [2.75, 3.05) is 31.3 Å². The van der Waals surface area contributed by atoms with Gasteiger partial charge in [0.1, 0.15) is 4.90 Å². The predicted octanol–water partition coefficient (Wildman–Crippen LogP) is 1.32. The van der Waals surface area contributed by atoms with Gasteiger partial charge < -0.3 is 9.47 Å². The fourth-order valence-electron chi connectivity index (χ4n) is 1.62. The fraction of sp³-hybridized carbons (Fsp3) is 0.455. The maximum atomic E-state index is 11.9. The first-order chi connectivity index (χ1) is 9.60. The molecule has 0 saturated carbocycles. The summed E-state index contributed by atoms with van der Waals surface area (Å²) in [5, 5.41) is 0. The highest BCUT2D eigenvalue weighted by Gasteiger charge is 2.23. The molecule has 0 heterocycles. The van der Waals surface area contributed by atoms with E-state index in [1.54, 1.807) is 6.92 Å². The minimum absolute atomic E-state index is 0.00409. The van der Waals surface area contributed by atoms with Gasteiger partial charge in [0, 0.05) is 17.8 Å². The summed E-state index contributed by atoms with van der Waals surface area (Å²) >= 11 is 0. The highest BCUT2D eigenvalue weighted by molar-refractivity contribution is 8.13. The summed E-state index contributed by atoms with van der Waals surface area (Å²) in [6.45, 7) is 1.61. The number of hydrogen-bond acceptors (Lipinski definition) is 6. The van der Waals surface area contributed by atoms with Crippen molar-refractivity contribution in [1.29, 1.82) is 0 Å². The molecule has 7 nitrogen and oxygen atoms in total. The molecule has 0 aliphatic heterocycles. The summed E-state index contributed by atoms with van der Waals surface area (Å²) in [5.41, 5.74) is 0.521. The minimum Gasteiger partial charge on any atom is -0.493 e. The molecule has 0 atom stereocenters. The number of sulfonamides is 1. The standard InChI is InChI=1S/C11H16ClNO6S2/c1-8-6-9(13-20(14,15)5-4-18-2)11(19-3)10(7-8)21(12,16)17/h6-7,13H,4-5H2,1-3H3. The maximum absolute atomic E-state index is 11.9. The van der Waals surface area contributed by atoms with E-state index in [2.05, 4.69) is 4.72 Å². The van der Waals surface area contributed by atoms with Crippen molar-refractivity contribution in [3.63, 3.8) is 0 Å². The number of ether oxygens (including phenoxy) is 2. The van der Waals surface area contributed by atoms with Crippen LogP contribution < -0.4 is 9.46 Å². The number of rotatable bonds is 7. The van der Waals surface area contributed by atoms with Crippen LogP contribution in [0.5, 0.6) is 5.75 Å². The third-order valence-corrected chi connectivity index (χ3v) is 5.05. The van der Waals surface area contributed by atoms with Gasteiger partial charge in [-0.25, -0.2) is 16.8 Å². The molecule has 1 aromatic carbocycles. The number of nitrogens with one attached hydrogen (secondary N) is 1. The Labute approximate surface area is 128 Å². The lowest BCUT2D eigenvalue weighted by molar-refractivity contribution is 0.217. The largest absolute Gasteiger partial charge is 0.493 e. The molecule has 1 N–H and O–H groups in total. The monoisotopic (exact) mass is 357 g/mol. The van der Waals surface area contributed by atoms with Gasteiger partial charge in [-0.05, 0) is 24.6 Å². The van der Waals surface area contributed by atoms with Gasteiger partial charge >= 0.3 is 0 Å². The van der Waals surface area contributed by atoms with Crippen molar-refractivity contribution in [1.82, 2.24) is 0 Å². The molecule has 0 aromatic heterocycles. The van der Waals surface area contributed by atoms with Crippen LogP contribution in [0.3, 0.4) is 0 Å². The molecule has 0 amide bonds. The number of anilines is 1. The van der Waals surface area contributed by atoms with E-state index in [0.717, 1.165) is 0 Å². The molecule has 0 saturated heterocycles. The summed E-state index contributed by atoms with van der Waals surface area (Å²) in [6.07, 6.45) is 0. The van der Waals surface area contributed by atoms with Crippen LogP contribution in [0.15, 0.2) is 17.0 Å². The molecule has 10 heteroatoms. The molecule has 120 valence electrons. The molecule has 0 radical (unpaired) electrons. The van der Waals surface area contributed by atoms with Crippen molar-refractivity contribution in [3.8, 4) is 5.75 Å². The Bertz CT molecular complexity index is 714. The Hall–Kier alpha value is -1.03. The second-order valence-electron chi connectivity index (χ2n) is 4.20. The molecule has 21 heavy (non-hydrogen) atoms. The molecule has 0 fully saturated rings. The van der Waals surface area contributed by atoms with E-state index in [1.807, 2.05) is 0 Å². The summed E-state index contributed by atoms with van der Waals surface area (Å²) in [5.74, 6) is -0.430. The lowest BCUT2D eigenvalue weighted by Crippen LogP contribution is -2.20. The van der Waals surface area contributed by atoms with Crippen LogP contribution in [-0.4, -0.2) is 43.4 Å². The van der Waals surface area contributed by atoms with Gasteiger partial charge in [-0.3, -0.25) is 4.72 Å². The molecule has 1 aromatic rings. The van der Waals surface area contributed by atoms with Crippen LogP contribution in [0.4, 0.5) is 5.69 Å². The van der Waals surface area contributed by atoms with Crippen molar-refractivity contribution < 1.29 is 26.3 Å². The summed E-state index contributed by atoms with van der Waals surface area (Å²) in [7, 11) is 0.161. The SMILES string of the molecule is COCCS(=O)(=O)Nc1cc(C)cc(S(=O)(=O)Cl)c1OC. The maximum Gasteiger partial charge on any atom is 0.265 e. The zero-order chi connectivity index (χ0) is 16.3. The van der Waals surface area contributed by atoms with E-state index >= 15 is 0 Å². The third-order valence-electron chi connectivity index (χ3n) is 2.49. The van der Waals surface area contributed by atoms with Crippen molar-refractivity contribution in [2.24, 2.45) is 0 Å². The van der Waals surface area contributed by atoms with E-state index in [4.69, 9.17) is 20.2 Å². The molecular formula is C11H16ClNO6S2. The van der Waals surface area contributed by atoms with Crippen LogP contribution in [0.25, 0.3) is 0 Å². The highest BCUT2D eigenvalue weighted by Crippen LogP contribution is 2.36. The van der Waals surface area contributed by atoms with Crippen molar-refractivity contribution >= 4 is 35.4 Å². The number of methoxy groups -OCH3 is 2. The van der Waals surface area contributed by atoms with E-state index in [1.165, 1.54) is 26.4 Å². The molecule has 0 bridgehead atoms. The van der Waals surface area contributed by atoms with Gasteiger partial charge in [0.2, 0.25) is 10.0 Å². The first kappa shape index (κ1) is 18.0. The van der Waals surface area contributed by atoms with E-state index < -0.39 is 19.1 Å². The quantitative estimate of drug-likeness (QED) is 0.739. The smallest absolute Gasteiger partial charge is 0.265 e. The predicted molar refractivity (Wildman–Crippen MR) is 80.1 cm³/mol. The number of hydrogen-bond donors (Lipinski definition) is 1. The number of halogens is 1. The fourth-order valence-corrected chi connectivity index (χ4v) is 3.68. The Morgan fingerprint density at radius 2 is 1.81 bits per heavy atom. The highest BCUT2D eigenvalue weighted by atomic mass is 35.7. The molecule has 0 aliphatic rings. The Morgan fingerprint density at radius 1 is 1.19 bits per heavy atom. The zero-order valence-electron chi connectivity index (χ0n) is 11.7. The lowest BCUT2D eigenvalue weighted by Gasteiger charge is -2.15. The molecule has 0 aliphatic carbocycles. The van der Waals surface area contributed by atoms with Crippen molar-refractivity contribution in [2.45, 2.75) is 11.8 Å². The van der Waals surface area contributed by atoms with Crippen LogP contribution in [0, 0.1) is 6.92 Å². The van der Waals surface area contributed by atoms with Crippen LogP contribution in [0.2, 0.25) is 0 Å². The summed E-state index contributed by atoms with van der Waals surface area (Å²) in [6, 6.07) is 2.75. The lowest BCUT2D eigenvalue weighted by atomic mass is 10.2. The van der Waals surface area contributed by atoms with Crippen LogP contribution in [0.1, 0.15) is 5.56 Å². The first-order valence-electron chi connectivity index (χ1n) is 5.73. The van der Waals surface area contributed by atoms with E-state index in [9.17, 15) is 16.8 Å². The van der Waals surface area contributed by atoms with E-state index in [0.29, 0.717) is 5.56 Å². The molecule has 0 unspecified atom stereocenters. The van der Waals surface area contributed by atoms with Gasteiger partial charge in [-0.1, -0.05) is 0 Å². The summed E-state index contributed by atoms with van der Waals surface area (Å²) < 4.78 is 58.8. The minimum atomic E-state index is -4.08. The van der Waals surface area contributed by atoms with E-state index in [-0.39, 0.29) is 28.7 Å². The Morgan fingerprint density at radius 3 is 2.29 bits per heavy atom. The number of benzene rings is 1. The van der Waals surface area contributed by atoms with Gasteiger partial charge in [0.05, 0.1) is 25.2 Å². The summed E-state index contributed by atoms with van der Waals surface area (Å²) in [4.78, 5) is -0.295. The molecule has 0 spiro atoms. The number of aryl methyl sites for hydroxylation is 1. The average Bonchev–Trinajstić information content (AvgIpc) is 2.34. The van der Waals surface area contributed by atoms with Gasteiger partial charge in [0.25, 0.3) is 9.05 Å². The first-order valence-corrected chi connectivity index (χ1v) is 9.69.